The lowest BCUT2D eigenvalue weighted by Gasteiger charge is -2.30. The molecule has 2 aliphatic rings. The molecule has 14 heteroatoms. The Hall–Kier alpha value is -3.10. The van der Waals surface area contributed by atoms with Gasteiger partial charge < -0.3 is 14.8 Å². The number of alkyl halides is 3. The number of anilines is 1. The zero-order valence-electron chi connectivity index (χ0n) is 23.0. The number of halogens is 4. The number of benzene rings is 1. The maximum absolute atomic E-state index is 15.2. The SMILES string of the molecule is Cc1nc(-c2nc(NC3CCN(S(C)(=O)=O)CC3)ncc2C(F)(F)F)cn1-c1ccc(CCCN2CCC2)cc1F. The molecule has 0 bridgehead atoms. The number of likely N-dealkylation sites (tertiary alicyclic amines) is 1. The maximum atomic E-state index is 15.2. The highest BCUT2D eigenvalue weighted by atomic mass is 32.2. The number of nitrogens with one attached hydrogen (secondary N) is 1. The van der Waals surface area contributed by atoms with Crippen LogP contribution in [0.4, 0.5) is 23.5 Å². The van der Waals surface area contributed by atoms with Gasteiger partial charge in [-0.3, -0.25) is 0 Å². The lowest BCUT2D eigenvalue weighted by atomic mass is 10.1. The molecule has 1 aromatic carbocycles. The summed E-state index contributed by atoms with van der Waals surface area (Å²) in [4.78, 5) is 14.7. The van der Waals surface area contributed by atoms with Crippen molar-refractivity contribution in [3.63, 3.8) is 0 Å². The highest BCUT2D eigenvalue weighted by molar-refractivity contribution is 7.88. The number of nitrogens with zero attached hydrogens (tertiary/aromatic N) is 6. The summed E-state index contributed by atoms with van der Waals surface area (Å²) in [5, 5.41) is 3.03. The number of rotatable bonds is 9. The predicted octanol–water partition coefficient (Wildman–Crippen LogP) is 4.27. The Bertz CT molecular complexity index is 1500. The molecule has 2 saturated heterocycles. The van der Waals surface area contributed by atoms with Crippen LogP contribution >= 0.6 is 0 Å². The number of hydrogen-bond acceptors (Lipinski definition) is 7. The van der Waals surface area contributed by atoms with Crippen LogP contribution in [0.25, 0.3) is 17.1 Å². The van der Waals surface area contributed by atoms with E-state index in [9.17, 15) is 21.6 Å². The van der Waals surface area contributed by atoms with Crippen LogP contribution in [0.1, 0.15) is 42.6 Å². The zero-order chi connectivity index (χ0) is 29.4. The molecule has 2 aliphatic heterocycles. The van der Waals surface area contributed by atoms with Crippen molar-refractivity contribution in [1.29, 1.82) is 0 Å². The third-order valence-electron chi connectivity index (χ3n) is 7.64. The van der Waals surface area contributed by atoms with Crippen LogP contribution in [0.2, 0.25) is 0 Å². The molecule has 2 fully saturated rings. The zero-order valence-corrected chi connectivity index (χ0v) is 23.8. The Kier molecular flexibility index (Phi) is 8.35. The second-order valence-corrected chi connectivity index (χ2v) is 12.6. The largest absolute Gasteiger partial charge is 0.420 e. The number of aryl methyl sites for hydroxylation is 2. The predicted molar refractivity (Wildman–Crippen MR) is 147 cm³/mol. The quantitative estimate of drug-likeness (QED) is 0.369. The first-order chi connectivity index (χ1) is 19.4. The average Bonchev–Trinajstić information content (AvgIpc) is 3.26. The van der Waals surface area contributed by atoms with E-state index in [2.05, 4.69) is 25.2 Å². The molecule has 0 radical (unpaired) electrons. The van der Waals surface area contributed by atoms with E-state index >= 15 is 4.39 Å². The molecule has 0 unspecified atom stereocenters. The molecule has 3 aromatic rings. The van der Waals surface area contributed by atoms with Gasteiger partial charge in [-0.25, -0.2) is 32.1 Å². The normalized spacial score (nSPS) is 17.5. The molecular formula is C27H33F4N7O2S. The van der Waals surface area contributed by atoms with E-state index in [0.717, 1.165) is 44.3 Å². The minimum absolute atomic E-state index is 0.0215. The van der Waals surface area contributed by atoms with Crippen molar-refractivity contribution in [1.82, 2.24) is 28.7 Å². The van der Waals surface area contributed by atoms with Crippen LogP contribution in [0.3, 0.4) is 0 Å². The van der Waals surface area contributed by atoms with Crippen LogP contribution < -0.4 is 5.32 Å². The Labute approximate surface area is 236 Å². The van der Waals surface area contributed by atoms with Gasteiger partial charge in [0, 0.05) is 31.5 Å². The fourth-order valence-corrected chi connectivity index (χ4v) is 6.09. The number of hydrogen-bond donors (Lipinski definition) is 1. The molecule has 0 aliphatic carbocycles. The van der Waals surface area contributed by atoms with Crippen molar-refractivity contribution in [3.05, 3.63) is 53.4 Å². The third-order valence-corrected chi connectivity index (χ3v) is 8.94. The summed E-state index contributed by atoms with van der Waals surface area (Å²) < 4.78 is 83.3. The van der Waals surface area contributed by atoms with Crippen molar-refractivity contribution in [2.75, 3.05) is 44.3 Å². The van der Waals surface area contributed by atoms with E-state index < -0.39 is 33.3 Å². The van der Waals surface area contributed by atoms with Gasteiger partial charge in [0.2, 0.25) is 16.0 Å². The second kappa shape index (κ2) is 11.6. The number of aromatic nitrogens is 4. The van der Waals surface area contributed by atoms with Gasteiger partial charge in [-0.15, -0.1) is 0 Å². The summed E-state index contributed by atoms with van der Waals surface area (Å²) in [5.41, 5.74) is -0.499. The average molecular weight is 596 g/mol. The topological polar surface area (TPSA) is 96.2 Å². The van der Waals surface area contributed by atoms with Gasteiger partial charge in [0.1, 0.15) is 28.6 Å². The van der Waals surface area contributed by atoms with Gasteiger partial charge in [-0.1, -0.05) is 6.07 Å². The molecule has 222 valence electrons. The van der Waals surface area contributed by atoms with Gasteiger partial charge in [-0.2, -0.15) is 13.2 Å². The van der Waals surface area contributed by atoms with E-state index in [1.54, 1.807) is 13.0 Å². The number of imidazole rings is 1. The van der Waals surface area contributed by atoms with Crippen molar-refractivity contribution in [2.24, 2.45) is 0 Å². The summed E-state index contributed by atoms with van der Waals surface area (Å²) >= 11 is 0. The number of sulfonamides is 1. The third kappa shape index (κ3) is 6.87. The Morgan fingerprint density at radius 3 is 2.44 bits per heavy atom. The van der Waals surface area contributed by atoms with Crippen LogP contribution in [-0.2, 0) is 22.6 Å². The molecule has 0 amide bonds. The lowest BCUT2D eigenvalue weighted by Crippen LogP contribution is -2.42. The van der Waals surface area contributed by atoms with Gasteiger partial charge in [0.15, 0.2) is 0 Å². The van der Waals surface area contributed by atoms with E-state index in [4.69, 9.17) is 0 Å². The Balaban J connectivity index is 1.36. The molecule has 1 N–H and O–H groups in total. The summed E-state index contributed by atoms with van der Waals surface area (Å²) in [6.07, 6.45) is 2.25. The fraction of sp³-hybridized carbons (Fsp3) is 0.519. The van der Waals surface area contributed by atoms with Crippen LogP contribution in [0, 0.1) is 12.7 Å². The molecule has 0 atom stereocenters. The smallest absolute Gasteiger partial charge is 0.351 e. The molecule has 0 saturated carbocycles. The highest BCUT2D eigenvalue weighted by Crippen LogP contribution is 2.36. The van der Waals surface area contributed by atoms with Gasteiger partial charge in [0.25, 0.3) is 0 Å². The van der Waals surface area contributed by atoms with Crippen molar-refractivity contribution in [3.8, 4) is 17.1 Å². The summed E-state index contributed by atoms with van der Waals surface area (Å²) in [6, 6.07) is 4.70. The first kappa shape index (κ1) is 29.4. The standard InChI is InChI=1S/C27H33F4N7O2S/c1-18-33-23(17-38(18)24-7-6-19(15-22(24)28)5-3-10-36-11-4-12-36)25-21(27(29,30)31)16-32-26(35-25)34-20-8-13-37(14-9-20)41(2,39)40/h6-7,15-17,20H,3-5,8-14H2,1-2H3,(H,32,34,35). The van der Waals surface area contributed by atoms with E-state index in [0.29, 0.717) is 24.9 Å². The Morgan fingerprint density at radius 2 is 1.83 bits per heavy atom. The first-order valence-corrected chi connectivity index (χ1v) is 15.5. The monoisotopic (exact) mass is 595 g/mol. The highest BCUT2D eigenvalue weighted by Gasteiger charge is 2.36. The van der Waals surface area contributed by atoms with Crippen molar-refractivity contribution >= 4 is 16.0 Å². The molecule has 41 heavy (non-hydrogen) atoms. The minimum Gasteiger partial charge on any atom is -0.351 e. The molecule has 5 rings (SSSR count). The van der Waals surface area contributed by atoms with Gasteiger partial charge >= 0.3 is 6.18 Å². The number of piperidine rings is 1. The van der Waals surface area contributed by atoms with Crippen molar-refractivity contribution < 1.29 is 26.0 Å². The lowest BCUT2D eigenvalue weighted by molar-refractivity contribution is -0.137. The Morgan fingerprint density at radius 1 is 1.10 bits per heavy atom. The van der Waals surface area contributed by atoms with E-state index in [1.165, 1.54) is 27.6 Å². The minimum atomic E-state index is -4.74. The second-order valence-electron chi connectivity index (χ2n) is 10.7. The summed E-state index contributed by atoms with van der Waals surface area (Å²) in [5.74, 6) is -0.203. The molecule has 9 nitrogen and oxygen atoms in total. The molecule has 2 aromatic heterocycles. The van der Waals surface area contributed by atoms with Crippen LogP contribution in [-0.4, -0.2) is 82.2 Å². The molecular weight excluding hydrogens is 562 g/mol. The van der Waals surface area contributed by atoms with E-state index in [-0.39, 0.29) is 36.5 Å². The maximum Gasteiger partial charge on any atom is 0.420 e. The van der Waals surface area contributed by atoms with Crippen molar-refractivity contribution in [2.45, 2.75) is 51.2 Å². The fourth-order valence-electron chi connectivity index (χ4n) is 5.21. The van der Waals surface area contributed by atoms with E-state index in [1.807, 2.05) is 6.07 Å². The van der Waals surface area contributed by atoms with Crippen LogP contribution in [0.5, 0.6) is 0 Å². The van der Waals surface area contributed by atoms with Gasteiger partial charge in [0.05, 0.1) is 11.9 Å². The molecule has 0 spiro atoms. The first-order valence-electron chi connectivity index (χ1n) is 13.6. The summed E-state index contributed by atoms with van der Waals surface area (Å²) in [7, 11) is -3.31. The molecule has 4 heterocycles. The summed E-state index contributed by atoms with van der Waals surface area (Å²) in [6.45, 7) is 5.37. The van der Waals surface area contributed by atoms with Gasteiger partial charge in [-0.05, 0) is 76.4 Å². The van der Waals surface area contributed by atoms with Crippen LogP contribution in [0.15, 0.2) is 30.6 Å².